The summed E-state index contributed by atoms with van der Waals surface area (Å²) in [4.78, 5) is 24.1. The number of thiophene rings is 1. The van der Waals surface area contributed by atoms with E-state index >= 15 is 0 Å². The van der Waals surface area contributed by atoms with Crippen LogP contribution >= 0.6 is 11.3 Å². The molecular weight excluding hydrogens is 431 g/mol. The zero-order chi connectivity index (χ0) is 21.4. The molecule has 0 saturated heterocycles. The highest BCUT2D eigenvalue weighted by Gasteiger charge is 2.38. The van der Waals surface area contributed by atoms with Gasteiger partial charge in [0.15, 0.2) is 5.82 Å². The molecular formula is C19H14F3N7OS. The van der Waals surface area contributed by atoms with Crippen molar-refractivity contribution < 1.29 is 17.7 Å². The first kappa shape index (κ1) is 19.5. The molecule has 1 aliphatic rings. The number of hydrogen-bond donors (Lipinski definition) is 0. The molecule has 0 aromatic carbocycles. The molecule has 31 heavy (non-hydrogen) atoms. The Labute approximate surface area is 177 Å². The fourth-order valence-electron chi connectivity index (χ4n) is 2.94. The minimum absolute atomic E-state index is 0.105. The van der Waals surface area contributed by atoms with Gasteiger partial charge in [0.05, 0.1) is 35.7 Å². The quantitative estimate of drug-likeness (QED) is 0.425. The third-order valence-corrected chi connectivity index (χ3v) is 5.67. The van der Waals surface area contributed by atoms with Crippen LogP contribution in [0.25, 0.3) is 10.7 Å². The van der Waals surface area contributed by atoms with Gasteiger partial charge in [-0.15, -0.1) is 11.3 Å². The van der Waals surface area contributed by atoms with Gasteiger partial charge < -0.3 is 9.42 Å². The fourth-order valence-corrected chi connectivity index (χ4v) is 3.86. The molecule has 5 rings (SSSR count). The Morgan fingerprint density at radius 1 is 1.06 bits per heavy atom. The third kappa shape index (κ3) is 4.24. The predicted octanol–water partition coefficient (Wildman–Crippen LogP) is 4.61. The van der Waals surface area contributed by atoms with Gasteiger partial charge in [-0.25, -0.2) is 15.0 Å². The molecule has 8 nitrogen and oxygen atoms in total. The van der Waals surface area contributed by atoms with E-state index in [0.29, 0.717) is 23.2 Å². The van der Waals surface area contributed by atoms with E-state index < -0.39 is 12.1 Å². The lowest BCUT2D eigenvalue weighted by atomic mass is 10.3. The first-order chi connectivity index (χ1) is 15.0. The van der Waals surface area contributed by atoms with Crippen LogP contribution in [0.1, 0.15) is 35.4 Å². The van der Waals surface area contributed by atoms with Crippen molar-refractivity contribution in [2.75, 3.05) is 4.90 Å². The second-order valence-electron chi connectivity index (χ2n) is 6.91. The molecule has 0 aliphatic heterocycles. The number of aromatic nitrogens is 6. The van der Waals surface area contributed by atoms with Gasteiger partial charge in [-0.3, -0.25) is 4.98 Å². The van der Waals surface area contributed by atoms with Crippen LogP contribution in [-0.2, 0) is 12.7 Å². The van der Waals surface area contributed by atoms with E-state index in [-0.39, 0.29) is 5.82 Å². The average molecular weight is 445 g/mol. The Morgan fingerprint density at radius 2 is 1.87 bits per heavy atom. The number of nitrogens with zero attached hydrogens (tertiary/aromatic N) is 7. The zero-order valence-electron chi connectivity index (χ0n) is 15.8. The maximum atomic E-state index is 12.7. The van der Waals surface area contributed by atoms with Crippen molar-refractivity contribution in [3.8, 4) is 10.7 Å². The lowest BCUT2D eigenvalue weighted by Crippen LogP contribution is -2.18. The smallest absolute Gasteiger partial charge is 0.329 e. The van der Waals surface area contributed by atoms with Gasteiger partial charge in [0.2, 0.25) is 5.82 Å². The molecule has 4 aromatic rings. The summed E-state index contributed by atoms with van der Waals surface area (Å²) >= 11 is 1.26. The van der Waals surface area contributed by atoms with Crippen molar-refractivity contribution in [1.29, 1.82) is 0 Å². The van der Waals surface area contributed by atoms with Gasteiger partial charge in [-0.1, -0.05) is 5.16 Å². The molecule has 0 atom stereocenters. The van der Waals surface area contributed by atoms with E-state index in [1.54, 1.807) is 43.1 Å². The first-order valence-corrected chi connectivity index (χ1v) is 10.1. The van der Waals surface area contributed by atoms with E-state index in [4.69, 9.17) is 0 Å². The number of alkyl halides is 3. The van der Waals surface area contributed by atoms with Gasteiger partial charge in [-0.2, -0.15) is 18.2 Å². The summed E-state index contributed by atoms with van der Waals surface area (Å²) in [6.07, 6.45) is 5.82. The number of rotatable bonds is 6. The molecule has 4 aromatic heterocycles. The highest BCUT2D eigenvalue weighted by atomic mass is 32.1. The molecule has 0 N–H and O–H groups in total. The molecule has 0 bridgehead atoms. The molecule has 12 heteroatoms. The van der Waals surface area contributed by atoms with Crippen molar-refractivity contribution >= 4 is 22.8 Å². The van der Waals surface area contributed by atoms with Gasteiger partial charge >= 0.3 is 12.1 Å². The fraction of sp³-hybridized carbons (Fsp3) is 0.263. The summed E-state index contributed by atoms with van der Waals surface area (Å²) in [5.74, 6) is 0.395. The van der Waals surface area contributed by atoms with Crippen LogP contribution in [-0.4, -0.2) is 30.1 Å². The van der Waals surface area contributed by atoms with Crippen LogP contribution in [0.2, 0.25) is 0 Å². The maximum absolute atomic E-state index is 12.7. The van der Waals surface area contributed by atoms with Crippen LogP contribution < -0.4 is 4.90 Å². The van der Waals surface area contributed by atoms with E-state index in [1.807, 2.05) is 4.90 Å². The van der Waals surface area contributed by atoms with Crippen molar-refractivity contribution in [3.05, 3.63) is 59.7 Å². The van der Waals surface area contributed by atoms with E-state index in [2.05, 4.69) is 34.6 Å². The standard InChI is InChI=1S/C19H14F3N7OS/c20-19(21,22)18-27-17(28-30-18)14-4-3-13(31-14)10-29(15-9-23-5-6-24-15)12-7-25-16(26-8-12)11-1-2-11/h3-9,11H,1-2,10H2. The maximum Gasteiger partial charge on any atom is 0.471 e. The Balaban J connectivity index is 1.41. The van der Waals surface area contributed by atoms with Crippen LogP contribution in [0.3, 0.4) is 0 Å². The highest BCUT2D eigenvalue weighted by Crippen LogP contribution is 2.38. The average Bonchev–Trinajstić information content (AvgIpc) is 3.30. The lowest BCUT2D eigenvalue weighted by molar-refractivity contribution is -0.159. The normalized spacial score (nSPS) is 14.0. The molecule has 0 radical (unpaired) electrons. The van der Waals surface area contributed by atoms with Gasteiger partial charge in [-0.05, 0) is 25.0 Å². The lowest BCUT2D eigenvalue weighted by Gasteiger charge is -2.22. The minimum Gasteiger partial charge on any atom is -0.329 e. The third-order valence-electron chi connectivity index (χ3n) is 4.60. The Morgan fingerprint density at radius 3 is 2.52 bits per heavy atom. The molecule has 1 saturated carbocycles. The molecule has 0 unspecified atom stereocenters. The minimum atomic E-state index is -4.68. The van der Waals surface area contributed by atoms with Crippen molar-refractivity contribution in [1.82, 2.24) is 30.1 Å². The molecule has 0 spiro atoms. The van der Waals surface area contributed by atoms with Crippen LogP contribution in [0, 0.1) is 0 Å². The van der Waals surface area contributed by atoms with Crippen molar-refractivity contribution in [3.63, 3.8) is 0 Å². The summed E-state index contributed by atoms with van der Waals surface area (Å²) < 4.78 is 42.5. The van der Waals surface area contributed by atoms with Gasteiger partial charge in [0.1, 0.15) is 5.82 Å². The van der Waals surface area contributed by atoms with Crippen molar-refractivity contribution in [2.24, 2.45) is 0 Å². The van der Waals surface area contributed by atoms with Gasteiger partial charge in [0, 0.05) is 23.2 Å². The summed E-state index contributed by atoms with van der Waals surface area (Å²) in [5, 5.41) is 3.44. The summed E-state index contributed by atoms with van der Waals surface area (Å²) in [6, 6.07) is 3.46. The molecule has 158 valence electrons. The van der Waals surface area contributed by atoms with Gasteiger partial charge in [0.25, 0.3) is 0 Å². The van der Waals surface area contributed by atoms with E-state index in [1.165, 1.54) is 11.3 Å². The summed E-state index contributed by atoms with van der Waals surface area (Å²) in [7, 11) is 0. The Hall–Kier alpha value is -3.41. The summed E-state index contributed by atoms with van der Waals surface area (Å²) in [6.45, 7) is 0.388. The van der Waals surface area contributed by atoms with E-state index in [9.17, 15) is 13.2 Å². The largest absolute Gasteiger partial charge is 0.471 e. The molecule has 1 aliphatic carbocycles. The van der Waals surface area contributed by atoms with E-state index in [0.717, 1.165) is 29.2 Å². The van der Waals surface area contributed by atoms with Crippen molar-refractivity contribution in [2.45, 2.75) is 31.5 Å². The van der Waals surface area contributed by atoms with Crippen LogP contribution in [0.5, 0.6) is 0 Å². The number of halogens is 3. The molecule has 0 amide bonds. The predicted molar refractivity (Wildman–Crippen MR) is 104 cm³/mol. The Bertz CT molecular complexity index is 1170. The zero-order valence-corrected chi connectivity index (χ0v) is 16.6. The topological polar surface area (TPSA) is 93.7 Å². The second-order valence-corrected chi connectivity index (χ2v) is 8.08. The Kier molecular flexibility index (Phi) is 4.85. The monoisotopic (exact) mass is 445 g/mol. The highest BCUT2D eigenvalue weighted by molar-refractivity contribution is 7.15. The van der Waals surface area contributed by atoms with Crippen LogP contribution in [0.15, 0.2) is 47.6 Å². The SMILES string of the molecule is FC(F)(F)c1nc(-c2ccc(CN(c3cnc(C4CC4)nc3)c3cnccn3)s2)no1. The molecule has 1 fully saturated rings. The first-order valence-electron chi connectivity index (χ1n) is 9.33. The number of hydrogen-bond acceptors (Lipinski definition) is 9. The number of anilines is 2. The summed E-state index contributed by atoms with van der Waals surface area (Å²) in [5.41, 5.74) is 0.735. The molecule has 4 heterocycles. The second kappa shape index (κ2) is 7.69. The van der Waals surface area contributed by atoms with Crippen LogP contribution in [0.4, 0.5) is 24.7 Å².